The lowest BCUT2D eigenvalue weighted by atomic mass is 10.3. The molecule has 0 saturated heterocycles. The maximum Gasteiger partial charge on any atom is 0.183 e. The van der Waals surface area contributed by atoms with E-state index in [2.05, 4.69) is 46.0 Å². The normalized spacial score (nSPS) is 12.1. The number of aryl methyl sites for hydroxylation is 1. The molecule has 0 bridgehead atoms. The van der Waals surface area contributed by atoms with E-state index in [1.807, 2.05) is 18.7 Å². The molecule has 0 aliphatic carbocycles. The Hall–Kier alpha value is -0.173. The largest absolute Gasteiger partial charge is 0.416 e. The van der Waals surface area contributed by atoms with E-state index in [9.17, 15) is 0 Å². The Bertz CT molecular complexity index is 374. The summed E-state index contributed by atoms with van der Waals surface area (Å²) in [5.74, 6) is 0. The van der Waals surface area contributed by atoms with Crippen LogP contribution in [0.4, 0.5) is 0 Å². The van der Waals surface area contributed by atoms with E-state index in [-0.39, 0.29) is 0 Å². The van der Waals surface area contributed by atoms with Crippen LogP contribution in [0.2, 0.25) is 19.6 Å². The van der Waals surface area contributed by atoms with Crippen LogP contribution in [0.15, 0.2) is 4.47 Å². The molecule has 1 aromatic rings. The molecule has 6 heteroatoms. The van der Waals surface area contributed by atoms with Gasteiger partial charge in [-0.05, 0) is 49.5 Å². The molecular formula is C11H22BrN3OSi. The standard InChI is InChI=1S/C11H22BrN3OSi/c1-9-11(12)10(8-13-2)15(14-9)6-7-16-17(3,4)5/h13H,6-8H2,1-5H3. The summed E-state index contributed by atoms with van der Waals surface area (Å²) in [5, 5.41) is 7.68. The summed E-state index contributed by atoms with van der Waals surface area (Å²) in [4.78, 5) is 0. The van der Waals surface area contributed by atoms with Gasteiger partial charge in [0.25, 0.3) is 0 Å². The van der Waals surface area contributed by atoms with Crippen LogP contribution in [0, 0.1) is 6.92 Å². The van der Waals surface area contributed by atoms with Gasteiger partial charge in [0.2, 0.25) is 0 Å². The van der Waals surface area contributed by atoms with E-state index >= 15 is 0 Å². The number of rotatable bonds is 6. The van der Waals surface area contributed by atoms with E-state index in [1.54, 1.807) is 0 Å². The van der Waals surface area contributed by atoms with Crippen LogP contribution < -0.4 is 5.32 Å². The summed E-state index contributed by atoms with van der Waals surface area (Å²) < 4.78 is 8.98. The van der Waals surface area contributed by atoms with Gasteiger partial charge in [-0.2, -0.15) is 5.10 Å². The van der Waals surface area contributed by atoms with Crippen molar-refractivity contribution in [1.29, 1.82) is 0 Å². The second-order valence-corrected chi connectivity index (χ2v) is 10.4. The average molecular weight is 320 g/mol. The van der Waals surface area contributed by atoms with Gasteiger partial charge in [0, 0.05) is 6.54 Å². The molecule has 0 spiro atoms. The van der Waals surface area contributed by atoms with Gasteiger partial charge in [-0.3, -0.25) is 4.68 Å². The first-order chi connectivity index (χ1) is 7.85. The molecule has 1 rings (SSSR count). The number of hydrogen-bond donors (Lipinski definition) is 1. The second kappa shape index (κ2) is 6.13. The molecule has 0 saturated carbocycles. The lowest BCUT2D eigenvalue weighted by Gasteiger charge is -2.17. The van der Waals surface area contributed by atoms with Crippen LogP contribution >= 0.6 is 15.9 Å². The van der Waals surface area contributed by atoms with Crippen LogP contribution in [0.5, 0.6) is 0 Å². The molecule has 0 atom stereocenters. The highest BCUT2D eigenvalue weighted by Gasteiger charge is 2.15. The number of hydrogen-bond acceptors (Lipinski definition) is 3. The summed E-state index contributed by atoms with van der Waals surface area (Å²) in [6.45, 7) is 11.0. The summed E-state index contributed by atoms with van der Waals surface area (Å²) in [6, 6.07) is 0. The molecule has 0 aromatic carbocycles. The quantitative estimate of drug-likeness (QED) is 0.819. The first kappa shape index (κ1) is 14.9. The fourth-order valence-electron chi connectivity index (χ4n) is 1.57. The van der Waals surface area contributed by atoms with Crippen molar-refractivity contribution in [2.45, 2.75) is 39.7 Å². The number of halogens is 1. The Morgan fingerprint density at radius 2 is 2.06 bits per heavy atom. The van der Waals surface area contributed by atoms with Crippen molar-refractivity contribution in [3.05, 3.63) is 15.9 Å². The number of aromatic nitrogens is 2. The van der Waals surface area contributed by atoms with E-state index in [1.165, 1.54) is 5.69 Å². The predicted molar refractivity (Wildman–Crippen MR) is 76.7 cm³/mol. The molecule has 0 aliphatic rings. The van der Waals surface area contributed by atoms with Crippen molar-refractivity contribution in [2.75, 3.05) is 13.7 Å². The Balaban J connectivity index is 2.67. The fourth-order valence-corrected chi connectivity index (χ4v) is 2.69. The molecular weight excluding hydrogens is 298 g/mol. The van der Waals surface area contributed by atoms with Crippen molar-refractivity contribution in [1.82, 2.24) is 15.1 Å². The minimum atomic E-state index is -1.42. The van der Waals surface area contributed by atoms with E-state index in [4.69, 9.17) is 4.43 Å². The second-order valence-electron chi connectivity index (χ2n) is 5.06. The average Bonchev–Trinajstić information content (AvgIpc) is 2.45. The lowest BCUT2D eigenvalue weighted by molar-refractivity contribution is 0.282. The fraction of sp³-hybridized carbons (Fsp3) is 0.727. The molecule has 1 aromatic heterocycles. The number of nitrogens with zero attached hydrogens (tertiary/aromatic N) is 2. The molecule has 4 nitrogen and oxygen atoms in total. The summed E-state index contributed by atoms with van der Waals surface area (Å²) >= 11 is 3.58. The topological polar surface area (TPSA) is 39.1 Å². The van der Waals surface area contributed by atoms with Gasteiger partial charge in [0.15, 0.2) is 8.32 Å². The molecule has 0 fully saturated rings. The first-order valence-corrected chi connectivity index (χ1v) is 10.1. The maximum absolute atomic E-state index is 5.86. The summed E-state index contributed by atoms with van der Waals surface area (Å²) in [6.07, 6.45) is 0. The Morgan fingerprint density at radius 1 is 1.41 bits per heavy atom. The summed E-state index contributed by atoms with van der Waals surface area (Å²) in [7, 11) is 0.520. The van der Waals surface area contributed by atoms with Gasteiger partial charge >= 0.3 is 0 Å². The zero-order chi connectivity index (χ0) is 13.1. The highest BCUT2D eigenvalue weighted by atomic mass is 79.9. The van der Waals surface area contributed by atoms with Gasteiger partial charge in [-0.15, -0.1) is 0 Å². The van der Waals surface area contributed by atoms with E-state index < -0.39 is 8.32 Å². The predicted octanol–water partition coefficient (Wildman–Crippen LogP) is 2.52. The first-order valence-electron chi connectivity index (χ1n) is 5.85. The monoisotopic (exact) mass is 319 g/mol. The van der Waals surface area contributed by atoms with E-state index in [0.717, 1.165) is 29.9 Å². The van der Waals surface area contributed by atoms with Crippen molar-refractivity contribution in [3.63, 3.8) is 0 Å². The molecule has 1 N–H and O–H groups in total. The molecule has 0 radical (unpaired) electrons. The minimum absolute atomic E-state index is 0.736. The molecule has 1 heterocycles. The van der Waals surface area contributed by atoms with Gasteiger partial charge in [0.1, 0.15) is 0 Å². The number of nitrogens with one attached hydrogen (secondary N) is 1. The zero-order valence-electron chi connectivity index (χ0n) is 11.3. The third-order valence-electron chi connectivity index (χ3n) is 2.34. The Labute approximate surface area is 113 Å². The lowest BCUT2D eigenvalue weighted by Crippen LogP contribution is -2.28. The smallest absolute Gasteiger partial charge is 0.183 e. The Kier molecular flexibility index (Phi) is 5.37. The molecule has 17 heavy (non-hydrogen) atoms. The van der Waals surface area contributed by atoms with Crippen LogP contribution in [0.25, 0.3) is 0 Å². The molecule has 0 unspecified atom stereocenters. The van der Waals surface area contributed by atoms with Gasteiger partial charge < -0.3 is 9.74 Å². The Morgan fingerprint density at radius 3 is 2.59 bits per heavy atom. The third kappa shape index (κ3) is 4.54. The highest BCUT2D eigenvalue weighted by Crippen LogP contribution is 2.20. The van der Waals surface area contributed by atoms with Crippen molar-refractivity contribution in [3.8, 4) is 0 Å². The van der Waals surface area contributed by atoms with Crippen LogP contribution in [-0.4, -0.2) is 31.8 Å². The minimum Gasteiger partial charge on any atom is -0.416 e. The van der Waals surface area contributed by atoms with E-state index in [0.29, 0.717) is 0 Å². The van der Waals surface area contributed by atoms with Crippen LogP contribution in [0.1, 0.15) is 11.4 Å². The van der Waals surface area contributed by atoms with Crippen molar-refractivity contribution >= 4 is 24.2 Å². The van der Waals surface area contributed by atoms with Gasteiger partial charge in [0.05, 0.1) is 29.0 Å². The SMILES string of the molecule is CNCc1c(Br)c(C)nn1CCO[Si](C)(C)C. The van der Waals surface area contributed by atoms with Gasteiger partial charge in [-0.1, -0.05) is 0 Å². The van der Waals surface area contributed by atoms with Crippen LogP contribution in [0.3, 0.4) is 0 Å². The molecule has 0 aliphatic heterocycles. The molecule has 0 amide bonds. The highest BCUT2D eigenvalue weighted by molar-refractivity contribution is 9.10. The van der Waals surface area contributed by atoms with Crippen LogP contribution in [-0.2, 0) is 17.5 Å². The third-order valence-corrected chi connectivity index (χ3v) is 4.44. The summed E-state index contributed by atoms with van der Waals surface area (Å²) in [5.41, 5.74) is 2.22. The van der Waals surface area contributed by atoms with Crippen molar-refractivity contribution < 1.29 is 4.43 Å². The maximum atomic E-state index is 5.86. The van der Waals surface area contributed by atoms with Gasteiger partial charge in [-0.25, -0.2) is 0 Å². The zero-order valence-corrected chi connectivity index (χ0v) is 13.9. The molecule has 98 valence electrons. The van der Waals surface area contributed by atoms with Crippen molar-refractivity contribution in [2.24, 2.45) is 0 Å².